The lowest BCUT2D eigenvalue weighted by Gasteiger charge is -2.01. The first-order valence-electron chi connectivity index (χ1n) is 6.76. The number of aliphatic carboxylic acids is 1. The SMILES string of the molecule is [2H]OC(=O)[C@]([2H])([15N]([2H])[2H])C([2H])([2H])C([2H])([2H])C(=O)[15N]([2H])[2H]. The molecule has 1 amide bonds. The van der Waals surface area contributed by atoms with Gasteiger partial charge in [0.2, 0.25) is 5.91 Å². The third-order valence-electron chi connectivity index (χ3n) is 0.481. The van der Waals surface area contributed by atoms with Crippen molar-refractivity contribution >= 4 is 11.9 Å². The first kappa shape index (κ1) is 1.73. The molecule has 0 aromatic rings. The van der Waals surface area contributed by atoms with Crippen molar-refractivity contribution in [3.8, 4) is 0 Å². The van der Waals surface area contributed by atoms with E-state index in [1.807, 2.05) is 0 Å². The maximum Gasteiger partial charge on any atom is 0.320 e. The van der Waals surface area contributed by atoms with Gasteiger partial charge in [-0.05, 0) is 6.37 Å². The van der Waals surface area contributed by atoms with Crippen molar-refractivity contribution in [2.45, 2.75) is 18.8 Å². The molecule has 0 saturated heterocycles. The van der Waals surface area contributed by atoms with Crippen molar-refractivity contribution in [2.75, 3.05) is 0 Å². The highest BCUT2D eigenvalue weighted by Gasteiger charge is 2.11. The van der Waals surface area contributed by atoms with Crippen LogP contribution in [0.2, 0.25) is 5.65 Å². The van der Waals surface area contributed by atoms with Gasteiger partial charge in [0.05, 0.1) is 1.37 Å². The van der Waals surface area contributed by atoms with E-state index in [-0.39, 0.29) is 0 Å². The van der Waals surface area contributed by atoms with Crippen molar-refractivity contribution < 1.29 is 27.2 Å². The van der Waals surface area contributed by atoms with E-state index in [2.05, 4.69) is 5.11 Å². The van der Waals surface area contributed by atoms with E-state index >= 15 is 0 Å². The Morgan fingerprint density at radius 2 is 2.80 bits per heavy atom. The fourth-order valence-corrected chi connectivity index (χ4v) is 0.164. The highest BCUT2D eigenvalue weighted by molar-refractivity contribution is 5.76. The van der Waals surface area contributed by atoms with E-state index in [1.165, 1.54) is 0 Å². The molecule has 5 heteroatoms. The number of carboxylic acid groups (broad SMARTS) is 1. The second-order valence-electron chi connectivity index (χ2n) is 1.19. The molecule has 0 rings (SSSR count). The van der Waals surface area contributed by atoms with Crippen molar-refractivity contribution in [1.29, 1.82) is 1.43 Å². The van der Waals surface area contributed by atoms with Gasteiger partial charge in [-0.2, -0.15) is 0 Å². The average molecular weight is 158 g/mol. The minimum absolute atomic E-state index is 0.803. The van der Waals surface area contributed by atoms with Gasteiger partial charge in [-0.3, -0.25) is 9.59 Å². The second-order valence-corrected chi connectivity index (χ2v) is 1.19. The maximum atomic E-state index is 11.3. The summed E-state index contributed by atoms with van der Waals surface area (Å²) in [7, 11) is 0. The second kappa shape index (κ2) is 3.84. The standard InChI is InChI=1S/C5H10N2O3/c6-3(5(9)10)1-2-4(7)8/h3H,1-2,6H2,(H2,7,8)(H,9,10)/t3-/m1/s1/i1D2,2D2,3D,6+1,7+1/hD5. The predicted molar refractivity (Wildman–Crippen MR) is 34.0 cm³/mol. The Morgan fingerprint density at radius 3 is 3.30 bits per heavy atom. The van der Waals surface area contributed by atoms with Gasteiger partial charge >= 0.3 is 5.97 Å². The molecule has 0 aromatic carbocycles. The van der Waals surface area contributed by atoms with E-state index in [4.69, 9.17) is 13.9 Å². The molecular weight excluding hydrogens is 138 g/mol. The van der Waals surface area contributed by atoms with Gasteiger partial charge in [-0.15, -0.1) is 0 Å². The third kappa shape index (κ3) is 3.85. The molecule has 0 aliphatic heterocycles. The molecule has 5 nitrogen and oxygen atoms in total. The zero-order valence-corrected chi connectivity index (χ0v) is 4.62. The normalized spacial score (nSPS) is 32.5. The molecule has 0 aliphatic rings. The molecule has 58 valence electrons. The van der Waals surface area contributed by atoms with Crippen LogP contribution in [0.15, 0.2) is 0 Å². The summed E-state index contributed by atoms with van der Waals surface area (Å²) in [6, 6.07) is -3.73. The molecule has 0 saturated carbocycles. The summed E-state index contributed by atoms with van der Waals surface area (Å²) >= 11 is 0. The van der Waals surface area contributed by atoms with Gasteiger partial charge in [-0.1, -0.05) is 0 Å². The van der Waals surface area contributed by atoms with Crippen molar-refractivity contribution in [3.05, 3.63) is 0 Å². The van der Waals surface area contributed by atoms with Crippen LogP contribution in [0.5, 0.6) is 0 Å². The van der Waals surface area contributed by atoms with Crippen LogP contribution in [0.4, 0.5) is 0 Å². The van der Waals surface area contributed by atoms with E-state index in [9.17, 15) is 9.59 Å². The highest BCUT2D eigenvalue weighted by Crippen LogP contribution is 1.92. The number of hydrogen-bond acceptors (Lipinski definition) is 4. The fraction of sp³-hybridized carbons (Fsp3) is 0.600. The number of hydrogen-bond donors (Lipinski definition) is 3. The minimum atomic E-state index is -3.88. The van der Waals surface area contributed by atoms with Gasteiger partial charge in [0.15, 0.2) is 2.82 Å². The Labute approximate surface area is 72.4 Å². The lowest BCUT2D eigenvalue weighted by atomic mass is 10.2. The van der Waals surface area contributed by atoms with E-state index < -0.39 is 42.1 Å². The molecule has 0 aliphatic carbocycles. The average Bonchev–Trinajstić information content (AvgIpc) is 2.34. The van der Waals surface area contributed by atoms with Crippen molar-refractivity contribution in [3.63, 3.8) is 0 Å². The van der Waals surface area contributed by atoms with Crippen molar-refractivity contribution in [2.24, 2.45) is 11.4 Å². The van der Waals surface area contributed by atoms with Crippen LogP contribution >= 0.6 is 0 Å². The van der Waals surface area contributed by atoms with Gasteiger partial charge in [0.25, 0.3) is 1.43 Å². The Bertz CT molecular complexity index is 400. The lowest BCUT2D eigenvalue weighted by molar-refractivity contribution is -0.138. The van der Waals surface area contributed by atoms with Crippen LogP contribution in [-0.4, -0.2) is 23.0 Å². The molecule has 1 atom stereocenters. The fourth-order valence-electron chi connectivity index (χ4n) is 0.164. The third-order valence-corrected chi connectivity index (χ3v) is 0.481. The lowest BCUT2D eigenvalue weighted by Crippen LogP contribution is -2.31. The van der Waals surface area contributed by atoms with E-state index in [1.54, 1.807) is 0 Å². The number of nitrogens with two attached hydrogens (primary N) is 2. The Balaban J connectivity index is 6.02. The predicted octanol–water partition coefficient (Wildman–Crippen LogP) is -1.34. The number of carbonyl (C=O) groups is 2. The van der Waals surface area contributed by atoms with E-state index in [0.717, 1.165) is 0 Å². The van der Waals surface area contributed by atoms with Crippen LogP contribution < -0.4 is 11.4 Å². The van der Waals surface area contributed by atoms with Crippen LogP contribution in [0, 0.1) is 0 Å². The minimum Gasteiger partial charge on any atom is -0.480 e. The molecule has 0 bridgehead atoms. The van der Waals surface area contributed by atoms with Gasteiger partial charge in [-0.25, -0.2) is 0 Å². The van der Waals surface area contributed by atoms with Crippen LogP contribution in [-0.2, 0) is 9.59 Å². The summed E-state index contributed by atoms with van der Waals surface area (Å²) in [5.74, 6) is -4.19. The molecule has 5 N–H and O–H groups in total. The number of primary amides is 1. The summed E-state index contributed by atoms with van der Waals surface area (Å²) < 4.78 is 70.0. The molecule has 0 spiro atoms. The molecular formula is C5H10N2O3. The van der Waals surface area contributed by atoms with Crippen LogP contribution in [0.1, 0.15) is 19.6 Å². The van der Waals surface area contributed by atoms with Crippen LogP contribution in [0.25, 0.3) is 1.43 Å². The smallest absolute Gasteiger partial charge is 0.320 e. The number of carbonyl (C=O) groups excluding carboxylic acids is 1. The molecule has 0 unspecified atom stereocenters. The van der Waals surface area contributed by atoms with Crippen LogP contribution in [0.3, 0.4) is 0 Å². The quantitative estimate of drug-likeness (QED) is 0.430. The largest absolute Gasteiger partial charge is 0.480 e. The number of carboxylic acids is 1. The maximum absolute atomic E-state index is 11.3. The van der Waals surface area contributed by atoms with E-state index in [0.29, 0.717) is 0 Å². The molecule has 10 heavy (non-hydrogen) atoms. The van der Waals surface area contributed by atoms with Gasteiger partial charge in [0, 0.05) is 11.9 Å². The zero-order valence-electron chi connectivity index (χ0n) is 14.6. The topological polar surface area (TPSA) is 106 Å². The highest BCUT2D eigenvalue weighted by atomic mass is 16.4. The number of amides is 1. The summed E-state index contributed by atoms with van der Waals surface area (Å²) in [6.45, 7) is 0. The molecule has 0 aromatic heterocycles. The first-order chi connectivity index (χ1) is 8.78. The Kier molecular flexibility index (Phi) is 0.665. The van der Waals surface area contributed by atoms with Crippen molar-refractivity contribution in [1.82, 2.24) is 0 Å². The summed E-state index contributed by atoms with van der Waals surface area (Å²) in [5, 5.41) is 3.31. The Hall–Kier alpha value is -1.10. The monoisotopic (exact) mass is 158 g/mol. The van der Waals surface area contributed by atoms with Gasteiger partial charge in [0.1, 0.15) is 8.84 Å². The Morgan fingerprint density at radius 1 is 2.00 bits per heavy atom. The summed E-state index contributed by atoms with van der Waals surface area (Å²) in [4.78, 5) is 22.6. The summed E-state index contributed by atoms with van der Waals surface area (Å²) in [6.07, 6.45) is -7.66. The summed E-state index contributed by atoms with van der Waals surface area (Å²) in [5.41, 5.74) is -1.67. The molecule has 0 fully saturated rings. The van der Waals surface area contributed by atoms with Gasteiger partial charge < -0.3 is 16.5 Å². The molecule has 0 radical (unpaired) electrons. The zero-order chi connectivity index (χ0) is 16.5. The number of rotatable bonds is 5. The molecule has 0 heterocycles. The first-order valence-corrected chi connectivity index (χ1v) is 2.06.